The van der Waals surface area contributed by atoms with Gasteiger partial charge < -0.3 is 0 Å². The van der Waals surface area contributed by atoms with Gasteiger partial charge in [-0.3, -0.25) is 0 Å². The Labute approximate surface area is 84.7 Å². The minimum Gasteiger partial charge on any atom is -0.147 e. The molecule has 0 nitrogen and oxygen atoms in total. The Morgan fingerprint density at radius 2 is 2.36 bits per heavy atom. The number of hydrogen-bond donors (Lipinski definition) is 0. The van der Waals surface area contributed by atoms with Gasteiger partial charge >= 0.3 is 0 Å². The Morgan fingerprint density at radius 3 is 2.73 bits per heavy atom. The van der Waals surface area contributed by atoms with Gasteiger partial charge in [-0.1, -0.05) is 34.5 Å². The van der Waals surface area contributed by atoms with Crippen LogP contribution in [0.4, 0.5) is 0 Å². The first-order valence-electron chi connectivity index (χ1n) is 3.47. The molecule has 1 rings (SSSR count). The summed E-state index contributed by atoms with van der Waals surface area (Å²) in [6.07, 6.45) is 1.03. The Morgan fingerprint density at radius 1 is 1.73 bits per heavy atom. The van der Waals surface area contributed by atoms with Crippen LogP contribution in [0, 0.1) is 6.92 Å². The second-order valence-electron chi connectivity index (χ2n) is 2.64. The molecule has 0 aromatic carbocycles. The standard InChI is InChI=1S/C8H10BrClS/c1-5-4-11-7(8(5)10)3-6(2)9/h4,6H,3H2,1-2H3. The third-order valence-electron chi connectivity index (χ3n) is 1.44. The quantitative estimate of drug-likeness (QED) is 0.698. The largest absolute Gasteiger partial charge is 0.147 e. The molecule has 0 radical (unpaired) electrons. The Hall–Kier alpha value is 0.470. The van der Waals surface area contributed by atoms with E-state index in [4.69, 9.17) is 11.6 Å². The van der Waals surface area contributed by atoms with Crippen molar-refractivity contribution in [2.24, 2.45) is 0 Å². The summed E-state index contributed by atoms with van der Waals surface area (Å²) >= 11 is 11.3. The Bertz CT molecular complexity index is 242. The first-order valence-corrected chi connectivity index (χ1v) is 5.65. The molecule has 0 saturated heterocycles. The van der Waals surface area contributed by atoms with Crippen molar-refractivity contribution in [2.45, 2.75) is 25.1 Å². The normalized spacial score (nSPS) is 13.5. The highest BCUT2D eigenvalue weighted by molar-refractivity contribution is 9.09. The fourth-order valence-electron chi connectivity index (χ4n) is 0.876. The van der Waals surface area contributed by atoms with Gasteiger partial charge in [0.2, 0.25) is 0 Å². The van der Waals surface area contributed by atoms with Gasteiger partial charge in [0.1, 0.15) is 0 Å². The lowest BCUT2D eigenvalue weighted by atomic mass is 10.2. The molecule has 1 aromatic heterocycles. The van der Waals surface area contributed by atoms with Crippen molar-refractivity contribution in [1.82, 2.24) is 0 Å². The minimum absolute atomic E-state index is 0.512. The molecular formula is C8H10BrClS. The molecule has 1 aromatic rings. The van der Waals surface area contributed by atoms with E-state index in [1.165, 1.54) is 10.4 Å². The minimum atomic E-state index is 0.512. The zero-order chi connectivity index (χ0) is 8.43. The average molecular weight is 254 g/mol. The molecule has 1 atom stereocenters. The summed E-state index contributed by atoms with van der Waals surface area (Å²) < 4.78 is 0. The van der Waals surface area contributed by atoms with E-state index < -0.39 is 0 Å². The number of rotatable bonds is 2. The summed E-state index contributed by atoms with van der Waals surface area (Å²) in [5, 5.41) is 3.05. The molecule has 1 heterocycles. The Kier molecular flexibility index (Phi) is 3.41. The number of aryl methyl sites for hydroxylation is 1. The van der Waals surface area contributed by atoms with E-state index in [-0.39, 0.29) is 0 Å². The van der Waals surface area contributed by atoms with E-state index in [0.29, 0.717) is 4.83 Å². The lowest BCUT2D eigenvalue weighted by Gasteiger charge is -1.99. The molecule has 0 saturated carbocycles. The Balaban J connectivity index is 2.79. The van der Waals surface area contributed by atoms with Crippen LogP contribution < -0.4 is 0 Å². The third-order valence-corrected chi connectivity index (χ3v) is 3.52. The first-order chi connectivity index (χ1) is 5.11. The van der Waals surface area contributed by atoms with E-state index in [9.17, 15) is 0 Å². The van der Waals surface area contributed by atoms with E-state index in [0.717, 1.165) is 11.4 Å². The second kappa shape index (κ2) is 3.92. The molecule has 0 N–H and O–H groups in total. The second-order valence-corrected chi connectivity index (χ2v) is 5.55. The molecular weight excluding hydrogens is 244 g/mol. The SMILES string of the molecule is Cc1csc(CC(C)Br)c1Cl. The highest BCUT2D eigenvalue weighted by Crippen LogP contribution is 2.29. The maximum atomic E-state index is 6.04. The van der Waals surface area contributed by atoms with Gasteiger partial charge in [0, 0.05) is 9.70 Å². The fraction of sp³-hybridized carbons (Fsp3) is 0.500. The molecule has 0 amide bonds. The molecule has 11 heavy (non-hydrogen) atoms. The van der Waals surface area contributed by atoms with Gasteiger partial charge in [-0.25, -0.2) is 0 Å². The molecule has 0 aliphatic heterocycles. The number of alkyl halides is 1. The lowest BCUT2D eigenvalue weighted by molar-refractivity contribution is 0.979. The van der Waals surface area contributed by atoms with Crippen LogP contribution in [0.3, 0.4) is 0 Å². The summed E-state index contributed by atoms with van der Waals surface area (Å²) in [4.78, 5) is 1.80. The lowest BCUT2D eigenvalue weighted by Crippen LogP contribution is -1.93. The van der Waals surface area contributed by atoms with Crippen LogP contribution in [-0.4, -0.2) is 4.83 Å². The zero-order valence-corrected chi connectivity index (χ0v) is 9.68. The predicted molar refractivity (Wildman–Crippen MR) is 56.2 cm³/mol. The van der Waals surface area contributed by atoms with Crippen LogP contribution in [0.1, 0.15) is 17.4 Å². The van der Waals surface area contributed by atoms with Crippen molar-refractivity contribution in [1.29, 1.82) is 0 Å². The van der Waals surface area contributed by atoms with E-state index >= 15 is 0 Å². The predicted octanol–water partition coefficient (Wildman–Crippen LogP) is 4.04. The molecule has 0 bridgehead atoms. The number of halogens is 2. The smallest absolute Gasteiger partial charge is 0.0574 e. The number of hydrogen-bond acceptors (Lipinski definition) is 1. The fourth-order valence-corrected chi connectivity index (χ4v) is 2.79. The molecule has 62 valence electrons. The van der Waals surface area contributed by atoms with Crippen molar-refractivity contribution in [3.63, 3.8) is 0 Å². The van der Waals surface area contributed by atoms with Crippen molar-refractivity contribution >= 4 is 38.9 Å². The van der Waals surface area contributed by atoms with Gasteiger partial charge in [0.25, 0.3) is 0 Å². The van der Waals surface area contributed by atoms with Crippen LogP contribution in [0.15, 0.2) is 5.38 Å². The highest BCUT2D eigenvalue weighted by atomic mass is 79.9. The first kappa shape index (κ1) is 9.56. The van der Waals surface area contributed by atoms with Crippen molar-refractivity contribution in [3.8, 4) is 0 Å². The molecule has 3 heteroatoms. The summed E-state index contributed by atoms with van der Waals surface area (Å²) in [6.45, 7) is 4.17. The molecule has 0 fully saturated rings. The van der Waals surface area contributed by atoms with Crippen molar-refractivity contribution in [3.05, 3.63) is 20.8 Å². The van der Waals surface area contributed by atoms with Gasteiger partial charge in [-0.15, -0.1) is 11.3 Å². The van der Waals surface area contributed by atoms with Gasteiger partial charge in [0.15, 0.2) is 0 Å². The molecule has 0 spiro atoms. The van der Waals surface area contributed by atoms with Crippen LogP contribution in [0.25, 0.3) is 0 Å². The van der Waals surface area contributed by atoms with Crippen LogP contribution in [0.5, 0.6) is 0 Å². The summed E-state index contributed by atoms with van der Waals surface area (Å²) in [5.41, 5.74) is 1.19. The number of thiophene rings is 1. The highest BCUT2D eigenvalue weighted by Gasteiger charge is 2.07. The van der Waals surface area contributed by atoms with Crippen molar-refractivity contribution < 1.29 is 0 Å². The van der Waals surface area contributed by atoms with Crippen LogP contribution >= 0.6 is 38.9 Å². The summed E-state index contributed by atoms with van der Waals surface area (Å²) in [5.74, 6) is 0. The average Bonchev–Trinajstić information content (AvgIpc) is 2.18. The molecule has 0 aliphatic rings. The third kappa shape index (κ3) is 2.46. The van der Waals surface area contributed by atoms with Gasteiger partial charge in [-0.05, 0) is 24.3 Å². The van der Waals surface area contributed by atoms with Crippen molar-refractivity contribution in [2.75, 3.05) is 0 Å². The molecule has 0 aliphatic carbocycles. The molecule has 1 unspecified atom stereocenters. The van der Waals surface area contributed by atoms with Crippen LogP contribution in [-0.2, 0) is 6.42 Å². The monoisotopic (exact) mass is 252 g/mol. The van der Waals surface area contributed by atoms with E-state index in [1.54, 1.807) is 11.3 Å². The van der Waals surface area contributed by atoms with Gasteiger partial charge in [0.05, 0.1) is 5.02 Å². The summed E-state index contributed by atoms with van der Waals surface area (Å²) in [7, 11) is 0. The summed E-state index contributed by atoms with van der Waals surface area (Å²) in [6, 6.07) is 0. The zero-order valence-electron chi connectivity index (χ0n) is 6.53. The topological polar surface area (TPSA) is 0 Å². The van der Waals surface area contributed by atoms with Crippen LogP contribution in [0.2, 0.25) is 5.02 Å². The van der Waals surface area contributed by atoms with E-state index in [2.05, 4.69) is 28.2 Å². The van der Waals surface area contributed by atoms with Gasteiger partial charge in [-0.2, -0.15) is 0 Å². The van der Waals surface area contributed by atoms with E-state index in [1.807, 2.05) is 6.92 Å². The maximum absolute atomic E-state index is 6.04. The maximum Gasteiger partial charge on any atom is 0.0574 e.